The summed E-state index contributed by atoms with van der Waals surface area (Å²) in [5.74, 6) is 0.547. The quantitative estimate of drug-likeness (QED) is 0.594. The SMILES string of the molecule is COc1ccc(Cl)cc1Nc1nccc(Nc2ccc(C(=O)O)cc2)n1. The Kier molecular flexibility index (Phi) is 5.19. The van der Waals surface area contributed by atoms with Gasteiger partial charge in [-0.25, -0.2) is 9.78 Å². The van der Waals surface area contributed by atoms with Crippen molar-refractivity contribution >= 4 is 40.7 Å². The first kappa shape index (κ1) is 17.5. The van der Waals surface area contributed by atoms with Crippen molar-refractivity contribution in [3.63, 3.8) is 0 Å². The van der Waals surface area contributed by atoms with Crippen LogP contribution >= 0.6 is 11.6 Å². The highest BCUT2D eigenvalue weighted by atomic mass is 35.5. The number of aromatic nitrogens is 2. The van der Waals surface area contributed by atoms with E-state index < -0.39 is 5.97 Å². The molecule has 0 fully saturated rings. The molecule has 2 aromatic carbocycles. The number of methoxy groups -OCH3 is 1. The molecular formula is C18H15ClN4O3. The number of nitrogens with zero attached hydrogens (tertiary/aromatic N) is 2. The van der Waals surface area contributed by atoms with Gasteiger partial charge in [0.1, 0.15) is 11.6 Å². The second-order valence-electron chi connectivity index (χ2n) is 5.24. The fourth-order valence-electron chi connectivity index (χ4n) is 2.23. The molecule has 0 radical (unpaired) electrons. The molecule has 0 amide bonds. The van der Waals surface area contributed by atoms with Crippen molar-refractivity contribution in [1.29, 1.82) is 0 Å². The van der Waals surface area contributed by atoms with Gasteiger partial charge in [0.15, 0.2) is 0 Å². The summed E-state index contributed by atoms with van der Waals surface area (Å²) in [5.41, 5.74) is 1.57. The zero-order valence-electron chi connectivity index (χ0n) is 13.7. The Morgan fingerprint density at radius 3 is 2.58 bits per heavy atom. The van der Waals surface area contributed by atoms with Crippen LogP contribution < -0.4 is 15.4 Å². The molecule has 0 saturated heterocycles. The number of carbonyl (C=O) groups is 1. The van der Waals surface area contributed by atoms with Gasteiger partial charge < -0.3 is 20.5 Å². The van der Waals surface area contributed by atoms with Crippen LogP contribution in [0.5, 0.6) is 5.75 Å². The van der Waals surface area contributed by atoms with Crippen LogP contribution in [0.25, 0.3) is 0 Å². The maximum absolute atomic E-state index is 10.9. The lowest BCUT2D eigenvalue weighted by atomic mass is 10.2. The molecule has 1 aromatic heterocycles. The molecular weight excluding hydrogens is 356 g/mol. The normalized spacial score (nSPS) is 10.2. The van der Waals surface area contributed by atoms with E-state index in [-0.39, 0.29) is 5.56 Å². The highest BCUT2D eigenvalue weighted by Gasteiger charge is 2.07. The summed E-state index contributed by atoms with van der Waals surface area (Å²) in [4.78, 5) is 19.5. The minimum Gasteiger partial charge on any atom is -0.495 e. The molecule has 0 aliphatic rings. The molecule has 3 aromatic rings. The molecule has 0 aliphatic heterocycles. The number of benzene rings is 2. The number of rotatable bonds is 6. The maximum Gasteiger partial charge on any atom is 0.335 e. The van der Waals surface area contributed by atoms with Crippen LogP contribution in [-0.2, 0) is 0 Å². The van der Waals surface area contributed by atoms with Crippen molar-refractivity contribution < 1.29 is 14.6 Å². The largest absolute Gasteiger partial charge is 0.495 e. The van der Waals surface area contributed by atoms with Crippen LogP contribution in [-0.4, -0.2) is 28.2 Å². The second kappa shape index (κ2) is 7.71. The smallest absolute Gasteiger partial charge is 0.335 e. The van der Waals surface area contributed by atoms with E-state index in [1.54, 1.807) is 49.7 Å². The van der Waals surface area contributed by atoms with Crippen LogP contribution in [0.1, 0.15) is 10.4 Å². The Balaban J connectivity index is 1.78. The second-order valence-corrected chi connectivity index (χ2v) is 5.68. The number of halogens is 1. The Morgan fingerprint density at radius 2 is 1.88 bits per heavy atom. The van der Waals surface area contributed by atoms with Crippen LogP contribution in [0.2, 0.25) is 5.02 Å². The molecule has 0 spiro atoms. The molecule has 0 atom stereocenters. The van der Waals surface area contributed by atoms with Gasteiger partial charge in [0, 0.05) is 16.9 Å². The number of ether oxygens (including phenoxy) is 1. The van der Waals surface area contributed by atoms with Crippen molar-refractivity contribution in [2.24, 2.45) is 0 Å². The monoisotopic (exact) mass is 370 g/mol. The predicted octanol–water partition coefficient (Wildman–Crippen LogP) is 4.32. The van der Waals surface area contributed by atoms with Crippen molar-refractivity contribution in [1.82, 2.24) is 9.97 Å². The number of anilines is 4. The van der Waals surface area contributed by atoms with E-state index >= 15 is 0 Å². The Hall–Kier alpha value is -3.32. The topological polar surface area (TPSA) is 96.4 Å². The Bertz CT molecular complexity index is 932. The zero-order chi connectivity index (χ0) is 18.5. The summed E-state index contributed by atoms with van der Waals surface area (Å²) in [5, 5.41) is 15.7. The third kappa shape index (κ3) is 4.20. The van der Waals surface area contributed by atoms with Crippen molar-refractivity contribution in [3.8, 4) is 5.75 Å². The van der Waals surface area contributed by atoms with Gasteiger partial charge in [0.2, 0.25) is 5.95 Å². The fraction of sp³-hybridized carbons (Fsp3) is 0.0556. The lowest BCUT2D eigenvalue weighted by Crippen LogP contribution is -2.02. The minimum atomic E-state index is -0.972. The standard InChI is InChI=1S/C18H15ClN4O3/c1-26-15-7-4-12(19)10-14(15)22-18-20-9-8-16(23-18)21-13-5-2-11(3-6-13)17(24)25/h2-10H,1H3,(H,24,25)(H2,20,21,22,23). The van der Waals surface area contributed by atoms with Gasteiger partial charge in [-0.2, -0.15) is 4.98 Å². The van der Waals surface area contributed by atoms with E-state index in [1.807, 2.05) is 0 Å². The van der Waals surface area contributed by atoms with E-state index in [2.05, 4.69) is 20.6 Å². The minimum absolute atomic E-state index is 0.216. The summed E-state index contributed by atoms with van der Waals surface area (Å²) < 4.78 is 5.29. The molecule has 26 heavy (non-hydrogen) atoms. The van der Waals surface area contributed by atoms with Gasteiger partial charge in [-0.15, -0.1) is 0 Å². The molecule has 0 unspecified atom stereocenters. The molecule has 7 nitrogen and oxygen atoms in total. The number of hydrogen-bond acceptors (Lipinski definition) is 6. The molecule has 0 saturated carbocycles. The van der Waals surface area contributed by atoms with E-state index in [0.29, 0.717) is 33.9 Å². The average Bonchev–Trinajstić information content (AvgIpc) is 2.63. The lowest BCUT2D eigenvalue weighted by molar-refractivity contribution is 0.0697. The summed E-state index contributed by atoms with van der Waals surface area (Å²) in [6, 6.07) is 13.3. The van der Waals surface area contributed by atoms with Crippen LogP contribution in [0.4, 0.5) is 23.1 Å². The van der Waals surface area contributed by atoms with Crippen LogP contribution in [0.15, 0.2) is 54.7 Å². The molecule has 3 rings (SSSR count). The highest BCUT2D eigenvalue weighted by Crippen LogP contribution is 2.29. The molecule has 3 N–H and O–H groups in total. The first-order valence-electron chi connectivity index (χ1n) is 7.59. The summed E-state index contributed by atoms with van der Waals surface area (Å²) in [6.45, 7) is 0. The fourth-order valence-corrected chi connectivity index (χ4v) is 2.40. The Morgan fingerprint density at radius 1 is 1.12 bits per heavy atom. The van der Waals surface area contributed by atoms with Crippen LogP contribution in [0, 0.1) is 0 Å². The average molecular weight is 371 g/mol. The van der Waals surface area contributed by atoms with Gasteiger partial charge in [-0.3, -0.25) is 0 Å². The van der Waals surface area contributed by atoms with Crippen LogP contribution in [0.3, 0.4) is 0 Å². The van der Waals surface area contributed by atoms with Gasteiger partial charge in [0.25, 0.3) is 0 Å². The number of hydrogen-bond donors (Lipinski definition) is 3. The number of carboxylic acid groups (broad SMARTS) is 1. The first-order valence-corrected chi connectivity index (χ1v) is 7.97. The molecule has 0 aliphatic carbocycles. The van der Waals surface area contributed by atoms with Gasteiger partial charge in [0.05, 0.1) is 18.4 Å². The van der Waals surface area contributed by atoms with E-state index in [9.17, 15) is 4.79 Å². The summed E-state index contributed by atoms with van der Waals surface area (Å²) >= 11 is 6.02. The lowest BCUT2D eigenvalue weighted by Gasteiger charge is -2.11. The van der Waals surface area contributed by atoms with Crippen molar-refractivity contribution in [2.75, 3.05) is 17.7 Å². The Labute approximate surface area is 154 Å². The van der Waals surface area contributed by atoms with E-state index in [1.165, 1.54) is 12.1 Å². The molecule has 8 heteroatoms. The van der Waals surface area contributed by atoms with E-state index in [4.69, 9.17) is 21.4 Å². The van der Waals surface area contributed by atoms with Gasteiger partial charge >= 0.3 is 5.97 Å². The number of nitrogens with one attached hydrogen (secondary N) is 2. The maximum atomic E-state index is 10.9. The van der Waals surface area contributed by atoms with Crippen molar-refractivity contribution in [2.45, 2.75) is 0 Å². The first-order chi connectivity index (χ1) is 12.5. The predicted molar refractivity (Wildman–Crippen MR) is 100 cm³/mol. The van der Waals surface area contributed by atoms with E-state index in [0.717, 1.165) is 0 Å². The molecule has 0 bridgehead atoms. The summed E-state index contributed by atoms with van der Waals surface area (Å²) in [6.07, 6.45) is 1.60. The zero-order valence-corrected chi connectivity index (χ0v) is 14.5. The third-order valence-corrected chi connectivity index (χ3v) is 3.70. The third-order valence-electron chi connectivity index (χ3n) is 3.47. The molecule has 132 valence electrons. The van der Waals surface area contributed by atoms with Gasteiger partial charge in [-0.05, 0) is 48.5 Å². The van der Waals surface area contributed by atoms with Crippen molar-refractivity contribution in [3.05, 3.63) is 65.3 Å². The molecule has 1 heterocycles. The summed E-state index contributed by atoms with van der Waals surface area (Å²) in [7, 11) is 1.56. The van der Waals surface area contributed by atoms with Gasteiger partial charge in [-0.1, -0.05) is 11.6 Å². The highest BCUT2D eigenvalue weighted by molar-refractivity contribution is 6.31. The number of carboxylic acids is 1. The number of aromatic carboxylic acids is 1.